The summed E-state index contributed by atoms with van der Waals surface area (Å²) >= 11 is 0. The van der Waals surface area contributed by atoms with E-state index in [1.54, 1.807) is 0 Å². The molecule has 0 aliphatic rings. The summed E-state index contributed by atoms with van der Waals surface area (Å²) in [5.41, 5.74) is 0. The van der Waals surface area contributed by atoms with Crippen LogP contribution in [-0.4, -0.2) is 30.3 Å². The Morgan fingerprint density at radius 1 is 1.54 bits per heavy atom. The Morgan fingerprint density at radius 2 is 2.08 bits per heavy atom. The third-order valence-electron chi connectivity index (χ3n) is 1.41. The normalized spacial score (nSPS) is 11.8. The first-order valence-electron chi connectivity index (χ1n) is 3.70. The van der Waals surface area contributed by atoms with Crippen LogP contribution in [0.15, 0.2) is 0 Å². The van der Waals surface area contributed by atoms with Crippen LogP contribution in [0.25, 0.3) is 0 Å². The first-order valence-corrected chi connectivity index (χ1v) is 3.70. The van der Waals surface area contributed by atoms with Gasteiger partial charge >= 0.3 is 5.97 Å². The van der Waals surface area contributed by atoms with Crippen molar-refractivity contribution in [3.8, 4) is 0 Å². The van der Waals surface area contributed by atoms with Crippen LogP contribution >= 0.6 is 0 Å². The highest BCUT2D eigenvalue weighted by atomic mass is 16.6. The van der Waals surface area contributed by atoms with Gasteiger partial charge in [0.25, 0.3) is 0 Å². The lowest BCUT2D eigenvalue weighted by Gasteiger charge is -2.03. The van der Waals surface area contributed by atoms with Crippen LogP contribution in [0.5, 0.6) is 0 Å². The predicted octanol–water partition coefficient (Wildman–Crippen LogP) is 0.0314. The zero-order chi connectivity index (χ0) is 10.4. The van der Waals surface area contributed by atoms with E-state index in [1.807, 2.05) is 0 Å². The van der Waals surface area contributed by atoms with E-state index < -0.39 is 22.6 Å². The van der Waals surface area contributed by atoms with Crippen molar-refractivity contribution < 1.29 is 19.2 Å². The second-order valence-electron chi connectivity index (χ2n) is 2.74. The predicted molar refractivity (Wildman–Crippen MR) is 42.7 cm³/mol. The molecule has 74 valence electrons. The number of carbonyl (C=O) groups excluding carboxylic acids is 2. The van der Waals surface area contributed by atoms with E-state index in [0.29, 0.717) is 0 Å². The molecule has 0 spiro atoms. The van der Waals surface area contributed by atoms with Crippen molar-refractivity contribution in [2.75, 3.05) is 13.7 Å². The van der Waals surface area contributed by atoms with E-state index in [2.05, 4.69) is 4.74 Å². The zero-order valence-electron chi connectivity index (χ0n) is 7.48. The number of ether oxygens (including phenoxy) is 1. The van der Waals surface area contributed by atoms with Gasteiger partial charge in [-0.15, -0.1) is 0 Å². The lowest BCUT2D eigenvalue weighted by atomic mass is 10.1. The molecule has 6 nitrogen and oxygen atoms in total. The molecule has 0 saturated heterocycles. The van der Waals surface area contributed by atoms with Gasteiger partial charge in [-0.1, -0.05) is 6.92 Å². The molecule has 0 heterocycles. The molecule has 0 N–H and O–H groups in total. The molecule has 0 aliphatic heterocycles. The molecule has 0 amide bonds. The summed E-state index contributed by atoms with van der Waals surface area (Å²) in [6.45, 7) is 1.21. The van der Waals surface area contributed by atoms with E-state index in [0.717, 1.165) is 7.11 Å². The molecule has 0 aromatic rings. The van der Waals surface area contributed by atoms with Gasteiger partial charge in [-0.3, -0.25) is 14.9 Å². The van der Waals surface area contributed by atoms with Crippen LogP contribution < -0.4 is 0 Å². The van der Waals surface area contributed by atoms with Crippen LogP contribution in [0.4, 0.5) is 0 Å². The number of ketones is 1. The minimum Gasteiger partial charge on any atom is -0.463 e. The summed E-state index contributed by atoms with van der Waals surface area (Å²) < 4.78 is 4.16. The fourth-order valence-electron chi connectivity index (χ4n) is 0.833. The highest BCUT2D eigenvalue weighted by molar-refractivity contribution is 6.33. The molecular formula is C7H11NO5. The average molecular weight is 189 g/mol. The fourth-order valence-corrected chi connectivity index (χ4v) is 0.833. The van der Waals surface area contributed by atoms with Crippen molar-refractivity contribution in [3.63, 3.8) is 0 Å². The SMILES string of the molecule is COC(=O)C(=O)C[C@H](C)C[N+](=O)[O-]. The minimum absolute atomic E-state index is 0.145. The van der Waals surface area contributed by atoms with Crippen LogP contribution in [0.1, 0.15) is 13.3 Å². The summed E-state index contributed by atoms with van der Waals surface area (Å²) in [6.07, 6.45) is -0.145. The van der Waals surface area contributed by atoms with Gasteiger partial charge in [0.2, 0.25) is 12.3 Å². The van der Waals surface area contributed by atoms with Crippen LogP contribution in [0.3, 0.4) is 0 Å². The van der Waals surface area contributed by atoms with E-state index >= 15 is 0 Å². The summed E-state index contributed by atoms with van der Waals surface area (Å²) in [5.74, 6) is -2.12. The molecule has 0 aliphatic carbocycles. The topological polar surface area (TPSA) is 86.5 Å². The maximum atomic E-state index is 10.9. The van der Waals surface area contributed by atoms with Crippen molar-refractivity contribution in [1.82, 2.24) is 0 Å². The van der Waals surface area contributed by atoms with E-state index in [-0.39, 0.29) is 13.0 Å². The van der Waals surface area contributed by atoms with Crippen LogP contribution in [0.2, 0.25) is 0 Å². The zero-order valence-corrected chi connectivity index (χ0v) is 7.48. The second kappa shape index (κ2) is 5.23. The Bertz CT molecular complexity index is 225. The minimum atomic E-state index is -0.949. The Labute approximate surface area is 75.0 Å². The van der Waals surface area contributed by atoms with Gasteiger partial charge in [0.05, 0.1) is 7.11 Å². The number of nitrogens with zero attached hydrogens (tertiary/aromatic N) is 1. The number of carbonyl (C=O) groups is 2. The summed E-state index contributed by atoms with van der Waals surface area (Å²) in [6, 6.07) is 0. The molecule has 0 fully saturated rings. The number of esters is 1. The number of nitro groups is 1. The van der Waals surface area contributed by atoms with Crippen molar-refractivity contribution in [2.24, 2.45) is 5.92 Å². The van der Waals surface area contributed by atoms with Gasteiger partial charge < -0.3 is 4.74 Å². The molecule has 0 radical (unpaired) electrons. The highest BCUT2D eigenvalue weighted by Gasteiger charge is 2.20. The number of hydrogen-bond donors (Lipinski definition) is 0. The van der Waals surface area contributed by atoms with Gasteiger partial charge in [0.15, 0.2) is 0 Å². The quantitative estimate of drug-likeness (QED) is 0.263. The standard InChI is InChI=1S/C7H11NO5/c1-5(4-8(11)12)3-6(9)7(10)13-2/h5H,3-4H2,1-2H3/t5-/m0/s1. The Kier molecular flexibility index (Phi) is 4.64. The first kappa shape index (κ1) is 11.5. The highest BCUT2D eigenvalue weighted by Crippen LogP contribution is 2.03. The lowest BCUT2D eigenvalue weighted by molar-refractivity contribution is -0.487. The Hall–Kier alpha value is -1.46. The Balaban J connectivity index is 3.91. The van der Waals surface area contributed by atoms with Crippen molar-refractivity contribution in [2.45, 2.75) is 13.3 Å². The number of hydrogen-bond acceptors (Lipinski definition) is 5. The van der Waals surface area contributed by atoms with Gasteiger partial charge in [0.1, 0.15) is 0 Å². The van der Waals surface area contributed by atoms with Crippen LogP contribution in [-0.2, 0) is 14.3 Å². The third-order valence-corrected chi connectivity index (χ3v) is 1.41. The van der Waals surface area contributed by atoms with Gasteiger partial charge in [-0.2, -0.15) is 0 Å². The maximum absolute atomic E-state index is 10.9. The number of rotatable bonds is 5. The summed E-state index contributed by atoms with van der Waals surface area (Å²) in [5, 5.41) is 10.0. The summed E-state index contributed by atoms with van der Waals surface area (Å²) in [7, 11) is 1.10. The van der Waals surface area contributed by atoms with Gasteiger partial charge in [0, 0.05) is 17.3 Å². The molecule has 0 aromatic heterocycles. The number of methoxy groups -OCH3 is 1. The fraction of sp³-hybridized carbons (Fsp3) is 0.714. The molecule has 0 unspecified atom stereocenters. The van der Waals surface area contributed by atoms with Crippen molar-refractivity contribution in [1.29, 1.82) is 0 Å². The van der Waals surface area contributed by atoms with E-state index in [9.17, 15) is 19.7 Å². The molecule has 6 heteroatoms. The van der Waals surface area contributed by atoms with E-state index in [1.165, 1.54) is 6.92 Å². The lowest BCUT2D eigenvalue weighted by Crippen LogP contribution is -2.21. The molecule has 0 aromatic carbocycles. The van der Waals surface area contributed by atoms with Crippen LogP contribution in [0, 0.1) is 16.0 Å². The third kappa shape index (κ3) is 4.89. The second-order valence-corrected chi connectivity index (χ2v) is 2.74. The molecule has 0 saturated carbocycles. The molecular weight excluding hydrogens is 178 g/mol. The monoisotopic (exact) mass is 189 g/mol. The van der Waals surface area contributed by atoms with Gasteiger partial charge in [-0.25, -0.2) is 4.79 Å². The molecule has 1 atom stereocenters. The first-order chi connectivity index (χ1) is 5.97. The summed E-state index contributed by atoms with van der Waals surface area (Å²) in [4.78, 5) is 31.0. The Morgan fingerprint density at radius 3 is 2.46 bits per heavy atom. The van der Waals surface area contributed by atoms with Crippen molar-refractivity contribution >= 4 is 11.8 Å². The molecule has 0 rings (SSSR count). The van der Waals surface area contributed by atoms with Gasteiger partial charge in [-0.05, 0) is 0 Å². The maximum Gasteiger partial charge on any atom is 0.374 e. The molecule has 0 bridgehead atoms. The average Bonchev–Trinajstić information content (AvgIpc) is 2.01. The largest absolute Gasteiger partial charge is 0.463 e. The van der Waals surface area contributed by atoms with Crippen molar-refractivity contribution in [3.05, 3.63) is 10.1 Å². The smallest absolute Gasteiger partial charge is 0.374 e. The number of Topliss-reactive ketones (excluding diaryl/α,β-unsaturated/α-hetero) is 1. The molecule has 13 heavy (non-hydrogen) atoms. The van der Waals surface area contributed by atoms with E-state index in [4.69, 9.17) is 0 Å².